The highest BCUT2D eigenvalue weighted by molar-refractivity contribution is 5.69. The monoisotopic (exact) mass is 281 g/mol. The van der Waals surface area contributed by atoms with Gasteiger partial charge in [0.15, 0.2) is 5.82 Å². The Morgan fingerprint density at radius 3 is 2.81 bits per heavy atom. The molecule has 0 fully saturated rings. The molecule has 0 spiro atoms. The molecule has 1 aliphatic heterocycles. The van der Waals surface area contributed by atoms with Crippen LogP contribution in [0.15, 0.2) is 43.0 Å². The quantitative estimate of drug-likeness (QED) is 0.784. The molecule has 21 heavy (non-hydrogen) atoms. The number of anilines is 1. The molecule has 6 heteroatoms. The first kappa shape index (κ1) is 12.0. The average Bonchev–Trinajstić information content (AvgIpc) is 3.16. The van der Waals surface area contributed by atoms with Gasteiger partial charge in [0.2, 0.25) is 0 Å². The molecule has 1 aromatic carbocycles. The summed E-state index contributed by atoms with van der Waals surface area (Å²) in [5.74, 6) is -0.109. The van der Waals surface area contributed by atoms with E-state index in [1.165, 1.54) is 11.3 Å². The molecule has 0 aliphatic carbocycles. The van der Waals surface area contributed by atoms with Gasteiger partial charge in [0.05, 0.1) is 18.6 Å². The topological polar surface area (TPSA) is 55.6 Å². The van der Waals surface area contributed by atoms with E-state index < -0.39 is 5.82 Å². The average molecular weight is 281 g/mol. The van der Waals surface area contributed by atoms with Crippen molar-refractivity contribution in [1.29, 1.82) is 0 Å². The van der Waals surface area contributed by atoms with Crippen LogP contribution in [-0.4, -0.2) is 26.3 Å². The van der Waals surface area contributed by atoms with E-state index in [1.807, 2.05) is 6.20 Å². The zero-order valence-corrected chi connectivity index (χ0v) is 11.1. The number of hydrogen-bond acceptors (Lipinski definition) is 4. The molecule has 0 saturated carbocycles. The van der Waals surface area contributed by atoms with Crippen molar-refractivity contribution in [2.75, 3.05) is 11.9 Å². The second-order valence-electron chi connectivity index (χ2n) is 4.92. The zero-order valence-electron chi connectivity index (χ0n) is 11.1. The van der Waals surface area contributed by atoms with Gasteiger partial charge in [-0.25, -0.2) is 19.0 Å². The first-order valence-corrected chi connectivity index (χ1v) is 6.69. The summed E-state index contributed by atoms with van der Waals surface area (Å²) in [6, 6.07) is 6.32. The molecule has 0 saturated heterocycles. The first-order valence-electron chi connectivity index (χ1n) is 6.69. The number of nitrogens with zero attached hydrogens (tertiary/aromatic N) is 4. The van der Waals surface area contributed by atoms with Crippen molar-refractivity contribution in [3.05, 3.63) is 54.4 Å². The van der Waals surface area contributed by atoms with Gasteiger partial charge in [-0.3, -0.25) is 0 Å². The zero-order chi connectivity index (χ0) is 14.2. The number of nitrogens with one attached hydrogen (secondary N) is 1. The third kappa shape index (κ3) is 2.14. The van der Waals surface area contributed by atoms with Crippen molar-refractivity contribution in [2.24, 2.45) is 0 Å². The summed E-state index contributed by atoms with van der Waals surface area (Å²) >= 11 is 0. The molecule has 1 aliphatic rings. The summed E-state index contributed by atoms with van der Waals surface area (Å²) in [7, 11) is 0. The van der Waals surface area contributed by atoms with Gasteiger partial charge in [0.25, 0.3) is 5.95 Å². The molecular weight excluding hydrogens is 269 g/mol. The van der Waals surface area contributed by atoms with Crippen LogP contribution in [0.2, 0.25) is 0 Å². The Labute approximate surface area is 120 Å². The lowest BCUT2D eigenvalue weighted by Crippen LogP contribution is -2.00. The summed E-state index contributed by atoms with van der Waals surface area (Å²) in [6.07, 6.45) is 6.90. The predicted octanol–water partition coefficient (Wildman–Crippen LogP) is 2.44. The number of rotatable bonds is 2. The largest absolute Gasteiger partial charge is 0.384 e. The maximum atomic E-state index is 12.8. The fourth-order valence-electron chi connectivity index (χ4n) is 2.49. The van der Waals surface area contributed by atoms with Gasteiger partial charge in [-0.15, -0.1) is 0 Å². The van der Waals surface area contributed by atoms with Crippen LogP contribution < -0.4 is 5.32 Å². The van der Waals surface area contributed by atoms with Gasteiger partial charge < -0.3 is 5.32 Å². The van der Waals surface area contributed by atoms with Gasteiger partial charge in [0, 0.05) is 24.0 Å². The number of halogens is 1. The molecule has 3 heterocycles. The maximum Gasteiger partial charge on any atom is 0.250 e. The maximum absolute atomic E-state index is 12.8. The highest BCUT2D eigenvalue weighted by atomic mass is 19.1. The summed E-state index contributed by atoms with van der Waals surface area (Å²) in [5, 5.41) is 7.58. The van der Waals surface area contributed by atoms with Crippen LogP contribution >= 0.6 is 0 Å². The minimum atomic E-state index is -0.461. The highest BCUT2D eigenvalue weighted by Crippen LogP contribution is 2.28. The van der Waals surface area contributed by atoms with E-state index >= 15 is 0 Å². The Morgan fingerprint density at radius 1 is 1.10 bits per heavy atom. The van der Waals surface area contributed by atoms with E-state index in [0.29, 0.717) is 5.95 Å². The molecule has 104 valence electrons. The van der Waals surface area contributed by atoms with Crippen LogP contribution in [0.4, 0.5) is 10.1 Å². The SMILES string of the molecule is Fc1cnc(-n2cc(-c3ccc4c(c3)CCN4)cn2)nc1. The van der Waals surface area contributed by atoms with Crippen molar-refractivity contribution in [3.8, 4) is 17.1 Å². The fraction of sp³-hybridized carbons (Fsp3) is 0.133. The molecule has 0 unspecified atom stereocenters. The minimum Gasteiger partial charge on any atom is -0.384 e. The van der Waals surface area contributed by atoms with Gasteiger partial charge >= 0.3 is 0 Å². The molecule has 1 N–H and O–H groups in total. The summed E-state index contributed by atoms with van der Waals surface area (Å²) in [6.45, 7) is 0.988. The lowest BCUT2D eigenvalue weighted by atomic mass is 10.0. The first-order chi connectivity index (χ1) is 10.3. The smallest absolute Gasteiger partial charge is 0.250 e. The standard InChI is InChI=1S/C15H12FN5/c16-13-7-18-15(19-8-13)21-9-12(6-20-21)10-1-2-14-11(5-10)3-4-17-14/h1-2,5-9,17H,3-4H2. The molecule has 5 nitrogen and oxygen atoms in total. The van der Waals surface area contributed by atoms with Crippen molar-refractivity contribution < 1.29 is 4.39 Å². The van der Waals surface area contributed by atoms with E-state index in [-0.39, 0.29) is 0 Å². The third-order valence-corrected chi connectivity index (χ3v) is 3.54. The normalized spacial score (nSPS) is 13.0. The molecule has 0 amide bonds. The molecule has 0 radical (unpaired) electrons. The van der Waals surface area contributed by atoms with E-state index in [9.17, 15) is 4.39 Å². The van der Waals surface area contributed by atoms with Crippen LogP contribution in [0.5, 0.6) is 0 Å². The number of aromatic nitrogens is 4. The highest BCUT2D eigenvalue weighted by Gasteiger charge is 2.12. The van der Waals surface area contributed by atoms with Gasteiger partial charge in [-0.1, -0.05) is 6.07 Å². The fourth-order valence-corrected chi connectivity index (χ4v) is 2.49. The molecule has 4 rings (SSSR count). The molecule has 2 aromatic heterocycles. The van der Waals surface area contributed by atoms with Crippen LogP contribution in [-0.2, 0) is 6.42 Å². The van der Waals surface area contributed by atoms with Crippen LogP contribution in [0.3, 0.4) is 0 Å². The molecular formula is C15H12FN5. The van der Waals surface area contributed by atoms with Crippen molar-refractivity contribution in [1.82, 2.24) is 19.7 Å². The number of fused-ring (bicyclic) bond motifs is 1. The third-order valence-electron chi connectivity index (χ3n) is 3.54. The van der Waals surface area contributed by atoms with Crippen LogP contribution in [0.25, 0.3) is 17.1 Å². The number of benzene rings is 1. The van der Waals surface area contributed by atoms with Gasteiger partial charge in [-0.05, 0) is 29.7 Å². The summed E-state index contributed by atoms with van der Waals surface area (Å²) in [4.78, 5) is 7.84. The second kappa shape index (κ2) is 4.66. The minimum absolute atomic E-state index is 0.352. The van der Waals surface area contributed by atoms with Crippen molar-refractivity contribution in [2.45, 2.75) is 6.42 Å². The Hall–Kier alpha value is -2.76. The van der Waals surface area contributed by atoms with Crippen molar-refractivity contribution >= 4 is 5.69 Å². The van der Waals surface area contributed by atoms with E-state index in [0.717, 1.165) is 36.5 Å². The van der Waals surface area contributed by atoms with E-state index in [2.05, 4.69) is 38.6 Å². The predicted molar refractivity (Wildman–Crippen MR) is 76.7 cm³/mol. The van der Waals surface area contributed by atoms with E-state index in [4.69, 9.17) is 0 Å². The van der Waals surface area contributed by atoms with Crippen LogP contribution in [0.1, 0.15) is 5.56 Å². The second-order valence-corrected chi connectivity index (χ2v) is 4.92. The molecule has 0 atom stereocenters. The van der Waals surface area contributed by atoms with Crippen molar-refractivity contribution in [3.63, 3.8) is 0 Å². The van der Waals surface area contributed by atoms with Gasteiger partial charge in [-0.2, -0.15) is 5.10 Å². The lowest BCUT2D eigenvalue weighted by Gasteiger charge is -2.02. The Balaban J connectivity index is 1.69. The molecule has 0 bridgehead atoms. The molecule has 3 aromatic rings. The van der Waals surface area contributed by atoms with Gasteiger partial charge in [0.1, 0.15) is 0 Å². The summed E-state index contributed by atoms with van der Waals surface area (Å²) in [5.41, 5.74) is 4.61. The van der Waals surface area contributed by atoms with E-state index in [1.54, 1.807) is 10.9 Å². The lowest BCUT2D eigenvalue weighted by molar-refractivity contribution is 0.608. The van der Waals surface area contributed by atoms with Crippen LogP contribution in [0, 0.1) is 5.82 Å². The number of hydrogen-bond donors (Lipinski definition) is 1. The Morgan fingerprint density at radius 2 is 1.95 bits per heavy atom. The Bertz CT molecular complexity index is 794. The summed E-state index contributed by atoms with van der Waals surface area (Å²) < 4.78 is 14.4. The Kier molecular flexibility index (Phi) is 2.67.